The lowest BCUT2D eigenvalue weighted by molar-refractivity contribution is 0.255. The maximum Gasteiger partial charge on any atom is 0.333 e. The largest absolute Gasteiger partial charge is 0.333 e. The van der Waals surface area contributed by atoms with E-state index in [4.69, 9.17) is 0 Å². The van der Waals surface area contributed by atoms with Crippen LogP contribution in [-0.2, 0) is 26.5 Å². The van der Waals surface area contributed by atoms with Crippen LogP contribution in [0.3, 0.4) is 0 Å². The number of nitrogens with one attached hydrogen (secondary N) is 4. The van der Waals surface area contributed by atoms with E-state index < -0.39 is 32.1 Å². The number of carbonyl (C=O) groups is 2. The lowest BCUT2D eigenvalue weighted by atomic mass is 10.0. The van der Waals surface area contributed by atoms with Crippen molar-refractivity contribution in [1.29, 1.82) is 0 Å². The zero-order valence-electron chi connectivity index (χ0n) is 27.0. The van der Waals surface area contributed by atoms with Gasteiger partial charge in [-0.3, -0.25) is 0 Å². The molecule has 6 rings (SSSR count). The van der Waals surface area contributed by atoms with E-state index in [0.717, 1.165) is 33.4 Å². The van der Waals surface area contributed by atoms with Crippen molar-refractivity contribution in [3.05, 3.63) is 169 Å². The van der Waals surface area contributed by atoms with Gasteiger partial charge >= 0.3 is 12.1 Å². The van der Waals surface area contributed by atoms with Crippen molar-refractivity contribution in [3.8, 4) is 22.3 Å². The second-order valence-corrected chi connectivity index (χ2v) is 14.8. The summed E-state index contributed by atoms with van der Waals surface area (Å²) in [5, 5.41) is 5.08. The second-order valence-electron chi connectivity index (χ2n) is 11.5. The molecule has 4 N–H and O–H groups in total. The molecule has 0 bridgehead atoms. The topological polar surface area (TPSA) is 151 Å². The molecule has 6 aromatic carbocycles. The van der Waals surface area contributed by atoms with Gasteiger partial charge in [0.1, 0.15) is 0 Å². The van der Waals surface area contributed by atoms with Crippen molar-refractivity contribution in [2.24, 2.45) is 0 Å². The maximum atomic E-state index is 12.8. The number of hydrogen-bond acceptors (Lipinski definition) is 6. The molecule has 4 amide bonds. The van der Waals surface area contributed by atoms with Gasteiger partial charge in [-0.05, 0) is 88.3 Å². The Kier molecular flexibility index (Phi) is 10.3. The molecule has 0 atom stereocenters. The summed E-state index contributed by atoms with van der Waals surface area (Å²) in [5.74, 6) is 0. The number of rotatable bonds is 10. The maximum absolute atomic E-state index is 12.8. The molecule has 0 aliphatic heterocycles. The summed E-state index contributed by atoms with van der Waals surface area (Å²) in [7, 11) is -8.19. The van der Waals surface area contributed by atoms with E-state index in [0.29, 0.717) is 17.8 Å². The van der Waals surface area contributed by atoms with Crippen molar-refractivity contribution in [1.82, 2.24) is 9.44 Å². The molecular formula is C39H32N4O6S2. The van der Waals surface area contributed by atoms with Gasteiger partial charge in [-0.25, -0.2) is 35.9 Å². The van der Waals surface area contributed by atoms with Crippen LogP contribution < -0.4 is 20.1 Å². The van der Waals surface area contributed by atoms with E-state index in [1.165, 1.54) is 24.3 Å². The molecule has 0 saturated carbocycles. The zero-order valence-corrected chi connectivity index (χ0v) is 28.6. The van der Waals surface area contributed by atoms with E-state index >= 15 is 0 Å². The van der Waals surface area contributed by atoms with Crippen LogP contribution in [0.2, 0.25) is 0 Å². The molecule has 0 fully saturated rings. The molecule has 0 aliphatic rings. The van der Waals surface area contributed by atoms with Gasteiger partial charge < -0.3 is 10.6 Å². The molecule has 0 heterocycles. The Morgan fingerprint density at radius 1 is 0.392 bits per heavy atom. The highest BCUT2D eigenvalue weighted by Gasteiger charge is 2.19. The first-order valence-corrected chi connectivity index (χ1v) is 18.7. The highest BCUT2D eigenvalue weighted by Crippen LogP contribution is 2.23. The second kappa shape index (κ2) is 15.1. The molecule has 0 unspecified atom stereocenters. The summed E-state index contributed by atoms with van der Waals surface area (Å²) in [4.78, 5) is 25.0. The van der Waals surface area contributed by atoms with E-state index in [-0.39, 0.29) is 9.79 Å². The predicted molar refractivity (Wildman–Crippen MR) is 198 cm³/mol. The number of amides is 4. The van der Waals surface area contributed by atoms with Crippen LogP contribution in [0.4, 0.5) is 21.0 Å². The summed E-state index contributed by atoms with van der Waals surface area (Å²) in [5.41, 5.74) is 6.22. The van der Waals surface area contributed by atoms with Crippen molar-refractivity contribution in [2.75, 3.05) is 10.6 Å². The number of urea groups is 2. The number of carbonyl (C=O) groups excluding carboxylic acids is 2. The van der Waals surface area contributed by atoms with E-state index in [9.17, 15) is 26.4 Å². The first-order valence-electron chi connectivity index (χ1n) is 15.7. The van der Waals surface area contributed by atoms with Gasteiger partial charge in [-0.15, -0.1) is 0 Å². The van der Waals surface area contributed by atoms with Gasteiger partial charge in [-0.1, -0.05) is 109 Å². The van der Waals surface area contributed by atoms with Crippen LogP contribution >= 0.6 is 0 Å². The molecule has 51 heavy (non-hydrogen) atoms. The average Bonchev–Trinajstić information content (AvgIpc) is 3.13. The van der Waals surface area contributed by atoms with Gasteiger partial charge in [0, 0.05) is 11.4 Å². The van der Waals surface area contributed by atoms with Gasteiger partial charge in [0.25, 0.3) is 20.0 Å². The molecule has 10 nitrogen and oxygen atoms in total. The Bertz CT molecular complexity index is 2180. The standard InChI is InChI=1S/C39H32N4O6S2/c44-38(42-50(46,47)36-23-15-32(16-24-36)30-7-3-1-4-8-30)40-34-19-11-28(12-20-34)27-29-13-21-35(22-14-29)41-39(45)43-51(48,49)37-25-17-33(18-26-37)31-9-5-2-6-10-31/h1-26H,27H2,(H2,40,42,44)(H2,41,43,45). The van der Waals surface area contributed by atoms with Crippen molar-refractivity contribution >= 4 is 43.5 Å². The average molecular weight is 717 g/mol. The Hall–Kier alpha value is -6.24. The third kappa shape index (κ3) is 9.06. The quantitative estimate of drug-likeness (QED) is 0.115. The third-order valence-corrected chi connectivity index (χ3v) is 10.5. The summed E-state index contributed by atoms with van der Waals surface area (Å²) in [6.45, 7) is 0. The van der Waals surface area contributed by atoms with Crippen molar-refractivity contribution < 1.29 is 26.4 Å². The SMILES string of the molecule is O=C(Nc1ccc(Cc2ccc(NC(=O)NS(=O)(=O)c3ccc(-c4ccccc4)cc3)cc2)cc1)NS(=O)(=O)c1ccc(-c2ccccc2)cc1. The zero-order chi connectivity index (χ0) is 35.8. The van der Waals surface area contributed by atoms with E-state index in [1.54, 1.807) is 72.8 Å². The fraction of sp³-hybridized carbons (Fsp3) is 0.0256. The highest BCUT2D eigenvalue weighted by atomic mass is 32.2. The molecular weight excluding hydrogens is 685 g/mol. The number of benzene rings is 6. The molecule has 6 aromatic rings. The van der Waals surface area contributed by atoms with Crippen LogP contribution in [0, 0.1) is 0 Å². The fourth-order valence-electron chi connectivity index (χ4n) is 5.24. The number of hydrogen-bond donors (Lipinski definition) is 4. The Morgan fingerprint density at radius 2 is 0.706 bits per heavy atom. The Labute approximate surface area is 296 Å². The van der Waals surface area contributed by atoms with Crippen LogP contribution in [0.15, 0.2) is 168 Å². The summed E-state index contributed by atoms with van der Waals surface area (Å²) in [6.07, 6.45) is 0.527. The van der Waals surface area contributed by atoms with Crippen molar-refractivity contribution in [2.45, 2.75) is 16.2 Å². The summed E-state index contributed by atoms with van der Waals surface area (Å²) < 4.78 is 55.1. The minimum Gasteiger partial charge on any atom is -0.307 e. The first-order chi connectivity index (χ1) is 24.5. The summed E-state index contributed by atoms with van der Waals surface area (Å²) in [6, 6.07) is 43.6. The molecule has 0 aromatic heterocycles. The molecule has 0 saturated heterocycles. The monoisotopic (exact) mass is 716 g/mol. The number of anilines is 2. The molecule has 0 radical (unpaired) electrons. The first kappa shape index (κ1) is 34.6. The Morgan fingerprint density at radius 3 is 1.04 bits per heavy atom. The lowest BCUT2D eigenvalue weighted by Gasteiger charge is -2.11. The minimum atomic E-state index is -4.09. The van der Waals surface area contributed by atoms with Crippen LogP contribution in [0.5, 0.6) is 0 Å². The van der Waals surface area contributed by atoms with Gasteiger partial charge in [0.15, 0.2) is 0 Å². The fourth-order valence-corrected chi connectivity index (χ4v) is 7.05. The third-order valence-electron chi connectivity index (χ3n) is 7.83. The molecule has 0 aliphatic carbocycles. The van der Waals surface area contributed by atoms with E-state index in [2.05, 4.69) is 10.6 Å². The lowest BCUT2D eigenvalue weighted by Crippen LogP contribution is -2.34. The molecule has 0 spiro atoms. The van der Waals surface area contributed by atoms with Crippen LogP contribution in [-0.4, -0.2) is 28.9 Å². The molecule has 12 heteroatoms. The van der Waals surface area contributed by atoms with Gasteiger partial charge in [-0.2, -0.15) is 0 Å². The van der Waals surface area contributed by atoms with Gasteiger partial charge in [0.2, 0.25) is 0 Å². The normalized spacial score (nSPS) is 11.3. The van der Waals surface area contributed by atoms with Crippen LogP contribution in [0.25, 0.3) is 22.3 Å². The predicted octanol–water partition coefficient (Wildman–Crippen LogP) is 7.63. The Balaban J connectivity index is 0.980. The highest BCUT2D eigenvalue weighted by molar-refractivity contribution is 7.90. The van der Waals surface area contributed by atoms with Gasteiger partial charge in [0.05, 0.1) is 9.79 Å². The minimum absolute atomic E-state index is 0.0375. The number of sulfonamides is 2. The summed E-state index contributed by atoms with van der Waals surface area (Å²) >= 11 is 0. The van der Waals surface area contributed by atoms with Crippen molar-refractivity contribution in [3.63, 3.8) is 0 Å². The molecule has 256 valence electrons. The van der Waals surface area contributed by atoms with E-state index in [1.807, 2.05) is 70.1 Å². The smallest absolute Gasteiger partial charge is 0.307 e. The van der Waals surface area contributed by atoms with Crippen LogP contribution in [0.1, 0.15) is 11.1 Å².